The first-order valence-electron chi connectivity index (χ1n) is 17.5. The van der Waals surface area contributed by atoms with Crippen LogP contribution in [-0.2, 0) is 0 Å². The zero-order valence-electron chi connectivity index (χ0n) is 28.4. The molecule has 53 heavy (non-hydrogen) atoms. The third-order valence-electron chi connectivity index (χ3n) is 9.67. The van der Waals surface area contributed by atoms with Gasteiger partial charge in [0, 0.05) is 83.9 Å². The summed E-state index contributed by atoms with van der Waals surface area (Å²) in [5.74, 6) is 0.671. The number of para-hydroxylation sites is 1. The lowest BCUT2D eigenvalue weighted by Crippen LogP contribution is -1.96. The molecule has 0 spiro atoms. The molecule has 10 aromatic rings. The molecule has 0 bridgehead atoms. The Labute approximate surface area is 310 Å². The normalized spacial score (nSPS) is 11.4. The summed E-state index contributed by atoms with van der Waals surface area (Å²) in [6.07, 6.45) is 7.50. The summed E-state index contributed by atoms with van der Waals surface area (Å²) < 4.78 is 1.14. The van der Waals surface area contributed by atoms with Gasteiger partial charge in [-0.15, -0.1) is 11.3 Å². The predicted molar refractivity (Wildman–Crippen MR) is 218 cm³/mol. The van der Waals surface area contributed by atoms with E-state index < -0.39 is 0 Å². The standard InChI is InChI=1S/C47H29N5S/c1-3-11-30(12-4-1)31-19-21-33(22-20-31)43-37-17-7-8-18-39(37)51-47(52-43)34-23-24-40-38(27-34)46-42(44(50-40)32-13-5-2-6-14-32)41(35-15-9-25-48-28-35)45(53-46)36-16-10-26-49-29-36/h1-29H. The quantitative estimate of drug-likeness (QED) is 0.173. The fourth-order valence-electron chi connectivity index (χ4n) is 7.15. The van der Waals surface area contributed by atoms with Gasteiger partial charge in [0.25, 0.3) is 0 Å². The summed E-state index contributed by atoms with van der Waals surface area (Å²) in [7, 11) is 0. The summed E-state index contributed by atoms with van der Waals surface area (Å²) in [6, 6.07) is 52.4. The van der Waals surface area contributed by atoms with Gasteiger partial charge in [-0.05, 0) is 47.5 Å². The zero-order valence-corrected chi connectivity index (χ0v) is 29.2. The van der Waals surface area contributed by atoms with Crippen LogP contribution in [0.2, 0.25) is 0 Å². The number of nitrogens with zero attached hydrogens (tertiary/aromatic N) is 5. The Morgan fingerprint density at radius 3 is 1.72 bits per heavy atom. The fourth-order valence-corrected chi connectivity index (χ4v) is 8.48. The van der Waals surface area contributed by atoms with Crippen LogP contribution in [0.15, 0.2) is 176 Å². The number of hydrogen-bond acceptors (Lipinski definition) is 6. The van der Waals surface area contributed by atoms with Gasteiger partial charge in [0.15, 0.2) is 5.82 Å². The van der Waals surface area contributed by atoms with Crippen LogP contribution in [0.3, 0.4) is 0 Å². The minimum absolute atomic E-state index is 0.671. The third kappa shape index (κ3) is 5.53. The van der Waals surface area contributed by atoms with E-state index in [0.29, 0.717) is 5.82 Å². The maximum absolute atomic E-state index is 5.38. The number of thiophene rings is 1. The first-order valence-corrected chi connectivity index (χ1v) is 18.3. The largest absolute Gasteiger partial charge is 0.264 e. The average molecular weight is 696 g/mol. The van der Waals surface area contributed by atoms with Gasteiger partial charge in [0.2, 0.25) is 0 Å². The van der Waals surface area contributed by atoms with Gasteiger partial charge in [0.1, 0.15) is 0 Å². The maximum atomic E-state index is 5.38. The molecule has 5 nitrogen and oxygen atoms in total. The molecule has 0 N–H and O–H groups in total. The molecule has 0 aliphatic rings. The Kier molecular flexibility index (Phi) is 7.59. The molecular formula is C47H29N5S. The fraction of sp³-hybridized carbons (Fsp3) is 0. The van der Waals surface area contributed by atoms with Crippen LogP contribution < -0.4 is 0 Å². The Hall–Kier alpha value is -6.89. The number of rotatable bonds is 6. The smallest absolute Gasteiger partial charge is 0.160 e. The van der Waals surface area contributed by atoms with Crippen molar-refractivity contribution in [3.63, 3.8) is 0 Å². The lowest BCUT2D eigenvalue weighted by molar-refractivity contribution is 1.23. The number of fused-ring (bicyclic) bond motifs is 4. The predicted octanol–water partition coefficient (Wildman–Crippen LogP) is 12.2. The first kappa shape index (κ1) is 30.9. The molecule has 5 aromatic carbocycles. The van der Waals surface area contributed by atoms with E-state index in [9.17, 15) is 0 Å². The second-order valence-electron chi connectivity index (χ2n) is 12.9. The van der Waals surface area contributed by atoms with Gasteiger partial charge in [-0.3, -0.25) is 9.97 Å². The highest BCUT2D eigenvalue weighted by Gasteiger charge is 2.23. The Bertz CT molecular complexity index is 2910. The topological polar surface area (TPSA) is 64.5 Å². The first-order chi connectivity index (χ1) is 26.3. The molecule has 0 amide bonds. The number of aromatic nitrogens is 5. The highest BCUT2D eigenvalue weighted by Crippen LogP contribution is 2.50. The summed E-state index contributed by atoms with van der Waals surface area (Å²) >= 11 is 1.77. The molecule has 0 radical (unpaired) electrons. The van der Waals surface area contributed by atoms with Crippen LogP contribution in [-0.4, -0.2) is 24.9 Å². The van der Waals surface area contributed by atoms with Crippen molar-refractivity contribution >= 4 is 43.2 Å². The van der Waals surface area contributed by atoms with E-state index in [1.54, 1.807) is 11.3 Å². The Morgan fingerprint density at radius 1 is 0.396 bits per heavy atom. The molecule has 0 fully saturated rings. The molecule has 0 saturated heterocycles. The molecule has 0 aliphatic carbocycles. The van der Waals surface area contributed by atoms with Crippen LogP contribution in [0, 0.1) is 0 Å². The minimum atomic E-state index is 0.671. The molecule has 0 saturated carbocycles. The van der Waals surface area contributed by atoms with Crippen molar-refractivity contribution in [1.82, 2.24) is 24.9 Å². The van der Waals surface area contributed by atoms with E-state index in [4.69, 9.17) is 15.0 Å². The molecular weight excluding hydrogens is 667 g/mol. The average Bonchev–Trinajstić information content (AvgIpc) is 3.65. The third-order valence-corrected chi connectivity index (χ3v) is 10.9. The van der Waals surface area contributed by atoms with Crippen LogP contribution in [0.1, 0.15) is 0 Å². The molecule has 10 rings (SSSR count). The van der Waals surface area contributed by atoms with Crippen molar-refractivity contribution in [2.24, 2.45) is 0 Å². The van der Waals surface area contributed by atoms with Crippen molar-refractivity contribution in [3.8, 4) is 66.6 Å². The van der Waals surface area contributed by atoms with Gasteiger partial charge in [-0.2, -0.15) is 0 Å². The highest BCUT2D eigenvalue weighted by molar-refractivity contribution is 7.24. The van der Waals surface area contributed by atoms with E-state index in [1.807, 2.05) is 61.2 Å². The van der Waals surface area contributed by atoms with Gasteiger partial charge in [-0.1, -0.05) is 115 Å². The Balaban J connectivity index is 1.21. The summed E-state index contributed by atoms with van der Waals surface area (Å²) in [5, 5.41) is 3.16. The number of benzene rings is 5. The second-order valence-corrected chi connectivity index (χ2v) is 13.9. The van der Waals surface area contributed by atoms with Crippen LogP contribution in [0.25, 0.3) is 98.5 Å². The van der Waals surface area contributed by atoms with Crippen LogP contribution in [0.5, 0.6) is 0 Å². The van der Waals surface area contributed by atoms with Crippen molar-refractivity contribution in [1.29, 1.82) is 0 Å². The molecule has 0 unspecified atom stereocenters. The molecule has 0 aliphatic heterocycles. The monoisotopic (exact) mass is 695 g/mol. The van der Waals surface area contributed by atoms with Crippen molar-refractivity contribution in [3.05, 3.63) is 176 Å². The molecule has 248 valence electrons. The zero-order chi connectivity index (χ0) is 35.1. The van der Waals surface area contributed by atoms with Crippen molar-refractivity contribution in [2.75, 3.05) is 0 Å². The van der Waals surface area contributed by atoms with Gasteiger partial charge in [-0.25, -0.2) is 15.0 Å². The van der Waals surface area contributed by atoms with Crippen LogP contribution >= 0.6 is 11.3 Å². The number of pyridine rings is 3. The van der Waals surface area contributed by atoms with E-state index in [-0.39, 0.29) is 0 Å². The molecule has 0 atom stereocenters. The maximum Gasteiger partial charge on any atom is 0.160 e. The summed E-state index contributed by atoms with van der Waals surface area (Å²) in [5.41, 5.74) is 12.2. The minimum Gasteiger partial charge on any atom is -0.264 e. The van der Waals surface area contributed by atoms with Crippen molar-refractivity contribution < 1.29 is 0 Å². The van der Waals surface area contributed by atoms with Crippen LogP contribution in [0.4, 0.5) is 0 Å². The lowest BCUT2D eigenvalue weighted by atomic mass is 9.95. The molecule has 6 heteroatoms. The highest BCUT2D eigenvalue weighted by atomic mass is 32.1. The SMILES string of the molecule is c1ccc(-c2ccc(-c3nc(-c4ccc5nc(-c6ccccc6)c6c(-c7cccnc7)c(-c7cccnc7)sc6c5c4)nc4ccccc34)cc2)cc1. The van der Waals surface area contributed by atoms with Crippen molar-refractivity contribution in [2.45, 2.75) is 0 Å². The van der Waals surface area contributed by atoms with Gasteiger partial charge in [0.05, 0.1) is 22.4 Å². The summed E-state index contributed by atoms with van der Waals surface area (Å²) in [6.45, 7) is 0. The second kappa shape index (κ2) is 13.0. The van der Waals surface area contributed by atoms with E-state index in [1.165, 1.54) is 11.1 Å². The summed E-state index contributed by atoms with van der Waals surface area (Å²) in [4.78, 5) is 25.9. The van der Waals surface area contributed by atoms with E-state index in [2.05, 4.69) is 125 Å². The Morgan fingerprint density at radius 2 is 0.981 bits per heavy atom. The van der Waals surface area contributed by atoms with Gasteiger partial charge >= 0.3 is 0 Å². The van der Waals surface area contributed by atoms with E-state index >= 15 is 0 Å². The molecule has 5 heterocycles. The van der Waals surface area contributed by atoms with Gasteiger partial charge < -0.3 is 0 Å². The number of hydrogen-bond donors (Lipinski definition) is 0. The van der Waals surface area contributed by atoms with E-state index in [0.717, 1.165) is 81.5 Å². The molecule has 5 aromatic heterocycles. The lowest BCUT2D eigenvalue weighted by Gasteiger charge is -2.12.